The molecule has 0 radical (unpaired) electrons. The first kappa shape index (κ1) is 21.4. The van der Waals surface area contributed by atoms with Gasteiger partial charge in [-0.3, -0.25) is 9.78 Å². The molecular weight excluding hydrogens is 375 g/mol. The highest BCUT2D eigenvalue weighted by atomic mass is 19.3. The SMILES string of the molecule is CC(Nc1nccc(C(=O)Nc2cnccc2OC(F)C(F)F)n1)C(C)(C)C. The van der Waals surface area contributed by atoms with Crippen LogP contribution in [0.4, 0.5) is 24.8 Å². The molecule has 0 saturated heterocycles. The van der Waals surface area contributed by atoms with Gasteiger partial charge < -0.3 is 15.4 Å². The maximum absolute atomic E-state index is 13.2. The average Bonchev–Trinajstić information content (AvgIpc) is 2.62. The molecule has 0 spiro atoms. The number of carbonyl (C=O) groups is 1. The molecule has 28 heavy (non-hydrogen) atoms. The van der Waals surface area contributed by atoms with Crippen LogP contribution < -0.4 is 15.4 Å². The van der Waals surface area contributed by atoms with Crippen molar-refractivity contribution in [3.8, 4) is 5.75 Å². The summed E-state index contributed by atoms with van der Waals surface area (Å²) in [6.07, 6.45) is -2.35. The number of hydrogen-bond donors (Lipinski definition) is 2. The number of halogens is 3. The number of anilines is 2. The normalized spacial score (nSPS) is 13.7. The van der Waals surface area contributed by atoms with Crippen molar-refractivity contribution >= 4 is 17.5 Å². The summed E-state index contributed by atoms with van der Waals surface area (Å²) in [6, 6.07) is 2.58. The topological polar surface area (TPSA) is 89.0 Å². The highest BCUT2D eigenvalue weighted by molar-refractivity contribution is 6.03. The Morgan fingerprint density at radius 1 is 1.18 bits per heavy atom. The maximum atomic E-state index is 13.2. The molecule has 0 fully saturated rings. The van der Waals surface area contributed by atoms with Crippen molar-refractivity contribution < 1.29 is 22.7 Å². The van der Waals surface area contributed by atoms with E-state index in [4.69, 9.17) is 0 Å². The standard InChI is InChI=1S/C18H22F3N5O2/c1-10(18(2,3)4)24-17-23-8-5-11(26-17)16(27)25-12-9-22-7-6-13(12)28-15(21)14(19)20/h5-10,14-15H,1-4H3,(H,25,27)(H,23,24,26). The first-order valence-electron chi connectivity index (χ1n) is 8.51. The number of rotatable bonds is 7. The molecule has 1 amide bonds. The summed E-state index contributed by atoms with van der Waals surface area (Å²) in [6.45, 7) is 8.10. The summed E-state index contributed by atoms with van der Waals surface area (Å²) in [5.74, 6) is -0.664. The van der Waals surface area contributed by atoms with Crippen LogP contribution in [-0.2, 0) is 0 Å². The van der Waals surface area contributed by atoms with Crippen LogP contribution in [0.5, 0.6) is 5.75 Å². The highest BCUT2D eigenvalue weighted by Gasteiger charge is 2.23. The molecule has 0 bridgehead atoms. The molecule has 0 aliphatic carbocycles. The second-order valence-corrected chi connectivity index (χ2v) is 7.13. The van der Waals surface area contributed by atoms with Gasteiger partial charge in [-0.15, -0.1) is 0 Å². The molecule has 0 aliphatic heterocycles. The quantitative estimate of drug-likeness (QED) is 0.736. The van der Waals surface area contributed by atoms with E-state index >= 15 is 0 Å². The number of pyridine rings is 1. The van der Waals surface area contributed by atoms with Gasteiger partial charge in [0.25, 0.3) is 12.3 Å². The Balaban J connectivity index is 2.15. The van der Waals surface area contributed by atoms with Crippen LogP contribution in [0.15, 0.2) is 30.7 Å². The smallest absolute Gasteiger partial charge is 0.304 e. The Bertz CT molecular complexity index is 814. The van der Waals surface area contributed by atoms with E-state index in [1.165, 1.54) is 24.5 Å². The minimum absolute atomic E-state index is 0.0269. The van der Waals surface area contributed by atoms with Crippen LogP contribution in [0, 0.1) is 5.41 Å². The molecule has 2 atom stereocenters. The van der Waals surface area contributed by atoms with Crippen molar-refractivity contribution in [3.63, 3.8) is 0 Å². The zero-order valence-electron chi connectivity index (χ0n) is 15.9. The number of hydrogen-bond acceptors (Lipinski definition) is 6. The summed E-state index contributed by atoms with van der Waals surface area (Å²) in [5.41, 5.74) is -0.0944. The fourth-order valence-electron chi connectivity index (χ4n) is 1.90. The van der Waals surface area contributed by atoms with Gasteiger partial charge in [0.1, 0.15) is 17.1 Å². The molecule has 0 aromatic carbocycles. The summed E-state index contributed by atoms with van der Waals surface area (Å²) in [7, 11) is 0. The van der Waals surface area contributed by atoms with Crippen molar-refractivity contribution in [2.24, 2.45) is 5.41 Å². The summed E-state index contributed by atoms with van der Waals surface area (Å²) < 4.78 is 42.5. The Labute approximate surface area is 160 Å². The van der Waals surface area contributed by atoms with Gasteiger partial charge >= 0.3 is 6.43 Å². The maximum Gasteiger partial charge on any atom is 0.304 e. The zero-order valence-corrected chi connectivity index (χ0v) is 15.9. The van der Waals surface area contributed by atoms with Gasteiger partial charge in [-0.2, -0.15) is 4.39 Å². The van der Waals surface area contributed by atoms with Crippen LogP contribution in [0.3, 0.4) is 0 Å². The van der Waals surface area contributed by atoms with E-state index in [0.29, 0.717) is 0 Å². The number of amides is 1. The summed E-state index contributed by atoms with van der Waals surface area (Å²) in [4.78, 5) is 24.5. The van der Waals surface area contributed by atoms with E-state index in [2.05, 4.69) is 30.3 Å². The lowest BCUT2D eigenvalue weighted by atomic mass is 9.88. The fraction of sp³-hybridized carbons (Fsp3) is 0.444. The zero-order chi connectivity index (χ0) is 20.9. The molecule has 152 valence electrons. The molecule has 2 heterocycles. The third-order valence-corrected chi connectivity index (χ3v) is 4.00. The van der Waals surface area contributed by atoms with Crippen molar-refractivity contribution in [2.45, 2.75) is 46.5 Å². The molecule has 2 unspecified atom stereocenters. The van der Waals surface area contributed by atoms with Gasteiger partial charge in [0.15, 0.2) is 0 Å². The van der Waals surface area contributed by atoms with Gasteiger partial charge in [0.2, 0.25) is 5.95 Å². The van der Waals surface area contributed by atoms with E-state index < -0.39 is 18.7 Å². The first-order chi connectivity index (χ1) is 13.1. The number of ether oxygens (including phenoxy) is 1. The highest BCUT2D eigenvalue weighted by Crippen LogP contribution is 2.26. The van der Waals surface area contributed by atoms with Crippen LogP contribution in [-0.4, -0.2) is 39.7 Å². The van der Waals surface area contributed by atoms with Gasteiger partial charge in [0.05, 0.1) is 6.20 Å². The molecule has 2 rings (SSSR count). The molecule has 0 saturated carbocycles. The second kappa shape index (κ2) is 8.85. The van der Waals surface area contributed by atoms with E-state index in [0.717, 1.165) is 6.20 Å². The predicted molar refractivity (Wildman–Crippen MR) is 98.3 cm³/mol. The predicted octanol–water partition coefficient (Wildman–Crippen LogP) is 3.91. The molecule has 2 N–H and O–H groups in total. The Morgan fingerprint density at radius 3 is 2.54 bits per heavy atom. The molecule has 2 aromatic rings. The van der Waals surface area contributed by atoms with E-state index in [9.17, 15) is 18.0 Å². The minimum Gasteiger partial charge on any atom is -0.452 e. The minimum atomic E-state index is -3.32. The molecule has 2 aromatic heterocycles. The van der Waals surface area contributed by atoms with Crippen LogP contribution >= 0.6 is 0 Å². The summed E-state index contributed by atoms with van der Waals surface area (Å²) in [5, 5.41) is 5.54. The van der Waals surface area contributed by atoms with Crippen LogP contribution in [0.1, 0.15) is 38.2 Å². The molecule has 0 aliphatic rings. The number of carbonyl (C=O) groups excluding carboxylic acids is 1. The van der Waals surface area contributed by atoms with Gasteiger partial charge in [-0.1, -0.05) is 20.8 Å². The lowest BCUT2D eigenvalue weighted by molar-refractivity contribution is -0.0665. The van der Waals surface area contributed by atoms with E-state index in [-0.39, 0.29) is 34.5 Å². The van der Waals surface area contributed by atoms with Crippen molar-refractivity contribution in [3.05, 3.63) is 36.4 Å². The van der Waals surface area contributed by atoms with Crippen molar-refractivity contribution in [1.82, 2.24) is 15.0 Å². The van der Waals surface area contributed by atoms with Gasteiger partial charge in [-0.25, -0.2) is 18.7 Å². The Hall–Kier alpha value is -2.91. The monoisotopic (exact) mass is 397 g/mol. The van der Waals surface area contributed by atoms with E-state index in [1.807, 2.05) is 27.7 Å². The van der Waals surface area contributed by atoms with Crippen LogP contribution in [0.25, 0.3) is 0 Å². The largest absolute Gasteiger partial charge is 0.452 e. The lowest BCUT2D eigenvalue weighted by Crippen LogP contribution is -2.31. The molecule has 10 heteroatoms. The Kier molecular flexibility index (Phi) is 6.76. The van der Waals surface area contributed by atoms with E-state index in [1.54, 1.807) is 0 Å². The van der Waals surface area contributed by atoms with Crippen LogP contribution in [0.2, 0.25) is 0 Å². The van der Waals surface area contributed by atoms with Crippen molar-refractivity contribution in [1.29, 1.82) is 0 Å². The molecular formula is C18H22F3N5O2. The first-order valence-corrected chi connectivity index (χ1v) is 8.51. The number of nitrogens with one attached hydrogen (secondary N) is 2. The third-order valence-electron chi connectivity index (χ3n) is 4.00. The fourth-order valence-corrected chi connectivity index (χ4v) is 1.90. The number of alkyl halides is 3. The average molecular weight is 397 g/mol. The van der Waals surface area contributed by atoms with Gasteiger partial charge in [-0.05, 0) is 18.4 Å². The molecule has 7 nitrogen and oxygen atoms in total. The second-order valence-electron chi connectivity index (χ2n) is 7.13. The third kappa shape index (κ3) is 5.80. The van der Waals surface area contributed by atoms with Crippen molar-refractivity contribution in [2.75, 3.05) is 10.6 Å². The summed E-state index contributed by atoms with van der Waals surface area (Å²) >= 11 is 0. The number of nitrogens with zero attached hydrogens (tertiary/aromatic N) is 3. The lowest BCUT2D eigenvalue weighted by Gasteiger charge is -2.28. The number of aromatic nitrogens is 3. The van der Waals surface area contributed by atoms with Gasteiger partial charge in [0, 0.05) is 24.5 Å². The Morgan fingerprint density at radius 2 is 1.89 bits per heavy atom.